The maximum atomic E-state index is 10.6. The van der Waals surface area contributed by atoms with Gasteiger partial charge < -0.3 is 11.3 Å². The number of esters is 1. The summed E-state index contributed by atoms with van der Waals surface area (Å²) in [5.74, 6) is -1.58. The molecule has 0 heterocycles. The second kappa shape index (κ2) is 5.80. The smallest absolute Gasteiger partial charge is 1.00 e. The van der Waals surface area contributed by atoms with Gasteiger partial charge in [-0.3, -0.25) is 4.79 Å². The van der Waals surface area contributed by atoms with Gasteiger partial charge in [0.25, 0.3) is 0 Å². The first-order valence-electron chi connectivity index (χ1n) is 3.62. The fourth-order valence-corrected chi connectivity index (χ4v) is 0.887. The second-order valence-electron chi connectivity index (χ2n) is 2.39. The van der Waals surface area contributed by atoms with Gasteiger partial charge in [0.2, 0.25) is 0 Å². The number of ether oxygens (including phenoxy) is 1. The zero-order valence-corrected chi connectivity index (χ0v) is 9.98. The molecule has 0 saturated heterocycles. The Balaban J connectivity index is 0. The van der Waals surface area contributed by atoms with Crippen molar-refractivity contribution in [2.24, 2.45) is 0 Å². The molecule has 0 fully saturated rings. The zero-order valence-electron chi connectivity index (χ0n) is 8.98. The maximum absolute atomic E-state index is 10.6. The summed E-state index contributed by atoms with van der Waals surface area (Å²) in [4.78, 5) is 21.2. The summed E-state index contributed by atoms with van der Waals surface area (Å²) in [6.07, 6.45) is 0. The number of hydrogen-bond acceptors (Lipinski definition) is 3. The molecule has 0 aliphatic heterocycles. The van der Waals surface area contributed by atoms with E-state index in [-0.39, 0.29) is 42.3 Å². The van der Waals surface area contributed by atoms with Crippen molar-refractivity contribution >= 4 is 11.9 Å². The van der Waals surface area contributed by atoms with E-state index in [9.17, 15) is 9.59 Å². The quantitative estimate of drug-likeness (QED) is 0.359. The molecule has 5 heteroatoms. The molecular formula is C9H9NaO4. The Morgan fingerprint density at radius 3 is 2.43 bits per heavy atom. The molecule has 0 aliphatic rings. The third kappa shape index (κ3) is 3.49. The van der Waals surface area contributed by atoms with Gasteiger partial charge in [0.1, 0.15) is 11.3 Å². The summed E-state index contributed by atoms with van der Waals surface area (Å²) in [7, 11) is 0. The molecule has 0 radical (unpaired) electrons. The normalized spacial score (nSPS) is 8.64. The standard InChI is InChI=1S/C9H8O4.Na.H/c1-6(10)13-8-5-3-2-4-7(8)9(11)12;;/h2-5H,1H3,(H,11,12);;/q;+1;-1. The Bertz CT molecular complexity index is 354. The number of carbonyl (C=O) groups is 2. The van der Waals surface area contributed by atoms with E-state index in [2.05, 4.69) is 4.74 Å². The van der Waals surface area contributed by atoms with Gasteiger partial charge in [-0.25, -0.2) is 4.79 Å². The minimum atomic E-state index is -1.11. The van der Waals surface area contributed by atoms with Crippen LogP contribution in [0.5, 0.6) is 5.75 Å². The minimum Gasteiger partial charge on any atom is -1.00 e. The van der Waals surface area contributed by atoms with E-state index in [1.807, 2.05) is 0 Å². The van der Waals surface area contributed by atoms with Gasteiger partial charge in [-0.15, -0.1) is 0 Å². The molecule has 1 rings (SSSR count). The molecule has 0 aliphatic carbocycles. The summed E-state index contributed by atoms with van der Waals surface area (Å²) in [5.41, 5.74) is -0.0160. The van der Waals surface area contributed by atoms with Gasteiger partial charge in [0.15, 0.2) is 0 Å². The molecule has 70 valence electrons. The molecule has 1 aromatic carbocycles. The van der Waals surface area contributed by atoms with Crippen LogP contribution in [0.15, 0.2) is 24.3 Å². The van der Waals surface area contributed by atoms with Crippen LogP contribution in [0.1, 0.15) is 18.7 Å². The van der Waals surface area contributed by atoms with Crippen LogP contribution >= 0.6 is 0 Å². The number of carboxylic acids is 1. The first kappa shape index (κ1) is 13.2. The molecule has 1 aromatic rings. The predicted molar refractivity (Wildman–Crippen MR) is 45.8 cm³/mol. The molecule has 0 saturated carbocycles. The summed E-state index contributed by atoms with van der Waals surface area (Å²) < 4.78 is 4.69. The fourth-order valence-electron chi connectivity index (χ4n) is 0.887. The maximum Gasteiger partial charge on any atom is 1.00 e. The van der Waals surface area contributed by atoms with E-state index in [1.165, 1.54) is 19.1 Å². The van der Waals surface area contributed by atoms with Crippen LogP contribution in [0.3, 0.4) is 0 Å². The van der Waals surface area contributed by atoms with Crippen molar-refractivity contribution in [2.45, 2.75) is 6.92 Å². The van der Waals surface area contributed by atoms with E-state index in [0.717, 1.165) is 0 Å². The van der Waals surface area contributed by atoms with Crippen LogP contribution in [-0.4, -0.2) is 17.0 Å². The van der Waals surface area contributed by atoms with Crippen molar-refractivity contribution in [1.82, 2.24) is 0 Å². The zero-order chi connectivity index (χ0) is 9.84. The molecule has 1 N–H and O–H groups in total. The van der Waals surface area contributed by atoms with Crippen molar-refractivity contribution in [1.29, 1.82) is 0 Å². The molecule has 0 bridgehead atoms. The van der Waals surface area contributed by atoms with Gasteiger partial charge in [-0.1, -0.05) is 12.1 Å². The van der Waals surface area contributed by atoms with Gasteiger partial charge in [-0.05, 0) is 12.1 Å². The van der Waals surface area contributed by atoms with Crippen LogP contribution in [0.25, 0.3) is 0 Å². The van der Waals surface area contributed by atoms with Crippen LogP contribution in [0.4, 0.5) is 0 Å². The van der Waals surface area contributed by atoms with Crippen molar-refractivity contribution in [2.75, 3.05) is 0 Å². The Morgan fingerprint density at radius 2 is 1.93 bits per heavy atom. The summed E-state index contributed by atoms with van der Waals surface area (Å²) in [6.45, 7) is 1.22. The first-order chi connectivity index (χ1) is 6.11. The van der Waals surface area contributed by atoms with E-state index < -0.39 is 11.9 Å². The topological polar surface area (TPSA) is 63.6 Å². The molecular weight excluding hydrogens is 195 g/mol. The first-order valence-corrected chi connectivity index (χ1v) is 3.62. The third-order valence-electron chi connectivity index (χ3n) is 1.37. The Hall–Kier alpha value is -0.840. The van der Waals surface area contributed by atoms with Crippen LogP contribution in [0, 0.1) is 0 Å². The van der Waals surface area contributed by atoms with Crippen LogP contribution in [0.2, 0.25) is 0 Å². The van der Waals surface area contributed by atoms with E-state index >= 15 is 0 Å². The summed E-state index contributed by atoms with van der Waals surface area (Å²) in [6, 6.07) is 5.98. The van der Waals surface area contributed by atoms with Crippen molar-refractivity contribution in [3.8, 4) is 5.75 Å². The van der Waals surface area contributed by atoms with E-state index in [0.29, 0.717) is 0 Å². The molecule has 14 heavy (non-hydrogen) atoms. The van der Waals surface area contributed by atoms with E-state index in [4.69, 9.17) is 5.11 Å². The van der Waals surface area contributed by atoms with Gasteiger partial charge >= 0.3 is 41.5 Å². The molecule has 0 spiro atoms. The van der Waals surface area contributed by atoms with Crippen molar-refractivity contribution in [3.05, 3.63) is 29.8 Å². The van der Waals surface area contributed by atoms with Crippen LogP contribution < -0.4 is 34.3 Å². The number of para-hydroxylation sites is 1. The van der Waals surface area contributed by atoms with Crippen molar-refractivity contribution in [3.63, 3.8) is 0 Å². The molecule has 0 aromatic heterocycles. The summed E-state index contributed by atoms with van der Waals surface area (Å²) >= 11 is 0. The number of rotatable bonds is 2. The van der Waals surface area contributed by atoms with Crippen LogP contribution in [-0.2, 0) is 4.79 Å². The Labute approximate surface area is 105 Å². The third-order valence-corrected chi connectivity index (χ3v) is 1.37. The number of benzene rings is 1. The van der Waals surface area contributed by atoms with Gasteiger partial charge in [-0.2, -0.15) is 0 Å². The molecule has 0 unspecified atom stereocenters. The largest absolute Gasteiger partial charge is 1.00 e. The fraction of sp³-hybridized carbons (Fsp3) is 0.111. The molecule has 4 nitrogen and oxygen atoms in total. The number of aromatic carboxylic acids is 1. The number of carbonyl (C=O) groups excluding carboxylic acids is 1. The number of carboxylic acid groups (broad SMARTS) is 1. The Morgan fingerprint density at radius 1 is 1.36 bits per heavy atom. The second-order valence-corrected chi connectivity index (χ2v) is 2.39. The SMILES string of the molecule is CC(=O)Oc1ccccc1C(=O)O.[H-].[Na+]. The average Bonchev–Trinajstić information content (AvgIpc) is 2.03. The summed E-state index contributed by atoms with van der Waals surface area (Å²) in [5, 5.41) is 8.69. The van der Waals surface area contributed by atoms with Crippen molar-refractivity contribution < 1.29 is 50.4 Å². The predicted octanol–water partition coefficient (Wildman–Crippen LogP) is -1.57. The monoisotopic (exact) mass is 204 g/mol. The van der Waals surface area contributed by atoms with Gasteiger partial charge in [0, 0.05) is 6.92 Å². The average molecular weight is 204 g/mol. The number of hydrogen-bond donors (Lipinski definition) is 1. The molecule has 0 atom stereocenters. The van der Waals surface area contributed by atoms with E-state index in [1.54, 1.807) is 12.1 Å². The Kier molecular flexibility index (Phi) is 5.45. The minimum absolute atomic E-state index is 0. The van der Waals surface area contributed by atoms with Gasteiger partial charge in [0.05, 0.1) is 0 Å². The molecule has 0 amide bonds.